The number of nitrogens with zero attached hydrogens (tertiary/aromatic N) is 2. The number of hydrogen-bond donors (Lipinski definition) is 3. The minimum Gasteiger partial charge on any atom is -0.454 e. The van der Waals surface area contributed by atoms with Gasteiger partial charge in [-0.2, -0.15) is 4.37 Å². The van der Waals surface area contributed by atoms with Crippen molar-refractivity contribution in [3.05, 3.63) is 64.4 Å². The third kappa shape index (κ3) is 4.93. The molecule has 2 heterocycles. The topological polar surface area (TPSA) is 150 Å². The maximum absolute atomic E-state index is 14.0. The Balaban J connectivity index is 1.91. The number of nitrogens with two attached hydrogens (primary N) is 2. The SMILES string of the molecule is CC(C)(C)NC(=O)[C@@H](c1ccc(F)cc1)N(C(=O)c1snc(C(N)=O)c1N)c1ccc2c(c1)OCO2. The highest BCUT2D eigenvalue weighted by Gasteiger charge is 2.37. The number of benzene rings is 2. The second-order valence-corrected chi connectivity index (χ2v) is 9.82. The van der Waals surface area contributed by atoms with Crippen molar-refractivity contribution in [3.63, 3.8) is 0 Å². The summed E-state index contributed by atoms with van der Waals surface area (Å²) < 4.78 is 28.5. The van der Waals surface area contributed by atoms with E-state index < -0.39 is 35.1 Å². The lowest BCUT2D eigenvalue weighted by molar-refractivity contribution is -0.123. The minimum atomic E-state index is -1.25. The summed E-state index contributed by atoms with van der Waals surface area (Å²) in [4.78, 5) is 40.5. The van der Waals surface area contributed by atoms with Crippen LogP contribution in [0.1, 0.15) is 52.5 Å². The quantitative estimate of drug-likeness (QED) is 0.459. The van der Waals surface area contributed by atoms with Gasteiger partial charge in [0.15, 0.2) is 17.2 Å². The second-order valence-electron chi connectivity index (χ2n) is 9.04. The summed E-state index contributed by atoms with van der Waals surface area (Å²) in [6, 6.07) is 8.71. The van der Waals surface area contributed by atoms with Gasteiger partial charge in [-0.1, -0.05) is 12.1 Å². The van der Waals surface area contributed by atoms with Crippen molar-refractivity contribution in [2.24, 2.45) is 5.73 Å². The predicted molar refractivity (Wildman–Crippen MR) is 131 cm³/mol. The highest BCUT2D eigenvalue weighted by atomic mass is 32.1. The summed E-state index contributed by atoms with van der Waals surface area (Å²) in [6.07, 6.45) is 0. The van der Waals surface area contributed by atoms with E-state index in [0.29, 0.717) is 28.6 Å². The molecule has 0 unspecified atom stereocenters. The molecule has 1 aromatic heterocycles. The van der Waals surface area contributed by atoms with Crippen molar-refractivity contribution < 1.29 is 28.2 Å². The zero-order valence-electron chi connectivity index (χ0n) is 19.7. The van der Waals surface area contributed by atoms with Gasteiger partial charge in [-0.15, -0.1) is 0 Å². The number of rotatable bonds is 6. The highest BCUT2D eigenvalue weighted by Crippen LogP contribution is 2.39. The van der Waals surface area contributed by atoms with Gasteiger partial charge in [0.2, 0.25) is 12.7 Å². The number of nitrogens with one attached hydrogen (secondary N) is 1. The third-order valence-corrected chi connectivity index (χ3v) is 6.05. The zero-order valence-corrected chi connectivity index (χ0v) is 20.5. The van der Waals surface area contributed by atoms with Crippen LogP contribution in [0.2, 0.25) is 0 Å². The van der Waals surface area contributed by atoms with E-state index in [2.05, 4.69) is 9.69 Å². The number of fused-ring (bicyclic) bond motifs is 1. The van der Waals surface area contributed by atoms with Gasteiger partial charge >= 0.3 is 0 Å². The van der Waals surface area contributed by atoms with Crippen LogP contribution in [-0.2, 0) is 4.79 Å². The first-order chi connectivity index (χ1) is 17.0. The van der Waals surface area contributed by atoms with Gasteiger partial charge in [-0.25, -0.2) is 4.39 Å². The van der Waals surface area contributed by atoms with E-state index in [1.54, 1.807) is 39.0 Å². The number of carbonyl (C=O) groups is 3. The zero-order chi connectivity index (χ0) is 26.2. The molecule has 3 amide bonds. The van der Waals surface area contributed by atoms with Crippen LogP contribution in [0.5, 0.6) is 11.5 Å². The molecule has 2 aromatic carbocycles. The van der Waals surface area contributed by atoms with Crippen LogP contribution < -0.4 is 31.2 Å². The molecule has 0 spiro atoms. The van der Waals surface area contributed by atoms with Crippen LogP contribution in [0.15, 0.2) is 42.5 Å². The standard InChI is InChI=1S/C24H24FN5O5S/c1-24(2,3)28-22(32)19(12-4-6-13(25)7-5-12)30(14-8-9-15-16(10-14)35-11-34-15)23(33)20-17(26)18(21(27)31)29-36-20/h4-10,19H,11,26H2,1-3H3,(H2,27,31)(H,28,32)/t19-/m1/s1. The number of nitrogen functional groups attached to an aromatic ring is 1. The number of primary amides is 1. The molecule has 1 aliphatic heterocycles. The summed E-state index contributed by atoms with van der Waals surface area (Å²) in [5.74, 6) is -1.80. The smallest absolute Gasteiger partial charge is 0.273 e. The summed E-state index contributed by atoms with van der Waals surface area (Å²) >= 11 is 0.686. The van der Waals surface area contributed by atoms with Gasteiger partial charge in [0.25, 0.3) is 11.8 Å². The van der Waals surface area contributed by atoms with Crippen molar-refractivity contribution in [3.8, 4) is 11.5 Å². The number of carbonyl (C=O) groups excluding carboxylic acids is 3. The molecule has 0 saturated heterocycles. The molecule has 4 rings (SSSR count). The Bertz CT molecular complexity index is 1340. The van der Waals surface area contributed by atoms with Gasteiger partial charge in [0.05, 0.1) is 5.69 Å². The van der Waals surface area contributed by atoms with Crippen LogP contribution in [0, 0.1) is 5.82 Å². The van der Waals surface area contributed by atoms with Gasteiger partial charge in [0, 0.05) is 17.3 Å². The molecule has 0 fully saturated rings. The first kappa shape index (κ1) is 24.9. The van der Waals surface area contributed by atoms with E-state index in [4.69, 9.17) is 20.9 Å². The van der Waals surface area contributed by atoms with Gasteiger partial charge < -0.3 is 26.3 Å². The predicted octanol–water partition coefficient (Wildman–Crippen LogP) is 2.99. The number of aromatic nitrogens is 1. The van der Waals surface area contributed by atoms with E-state index in [1.165, 1.54) is 29.2 Å². The Hall–Kier alpha value is -4.19. The van der Waals surface area contributed by atoms with Crippen molar-refractivity contribution in [2.45, 2.75) is 32.4 Å². The fraction of sp³-hybridized carbons (Fsp3) is 0.250. The van der Waals surface area contributed by atoms with Crippen LogP contribution >= 0.6 is 11.5 Å². The molecular formula is C24H24FN5O5S. The minimum absolute atomic E-state index is 0.00238. The fourth-order valence-corrected chi connectivity index (χ4v) is 4.40. The van der Waals surface area contributed by atoms with Crippen molar-refractivity contribution >= 4 is 40.6 Å². The number of ether oxygens (including phenoxy) is 2. The molecule has 3 aromatic rings. The third-order valence-electron chi connectivity index (χ3n) is 5.20. The number of amides is 3. The lowest BCUT2D eigenvalue weighted by atomic mass is 10.00. The van der Waals surface area contributed by atoms with Crippen LogP contribution in [0.4, 0.5) is 15.8 Å². The molecule has 188 valence electrons. The fourth-order valence-electron chi connectivity index (χ4n) is 3.66. The van der Waals surface area contributed by atoms with Crippen LogP contribution in [-0.4, -0.2) is 34.4 Å². The molecule has 0 bridgehead atoms. The van der Waals surface area contributed by atoms with Crippen LogP contribution in [0.25, 0.3) is 0 Å². The molecule has 1 atom stereocenters. The Morgan fingerprint density at radius 2 is 1.78 bits per heavy atom. The van der Waals surface area contributed by atoms with E-state index in [1.807, 2.05) is 0 Å². The van der Waals surface area contributed by atoms with Gasteiger partial charge in [-0.3, -0.25) is 19.3 Å². The molecule has 0 aliphatic carbocycles. The molecule has 0 saturated carbocycles. The number of halogens is 1. The average Bonchev–Trinajstić information content (AvgIpc) is 3.42. The summed E-state index contributed by atoms with van der Waals surface area (Å²) in [5, 5.41) is 2.88. The maximum atomic E-state index is 14.0. The Kier molecular flexibility index (Phi) is 6.55. The number of hydrogen-bond acceptors (Lipinski definition) is 8. The van der Waals surface area contributed by atoms with E-state index in [-0.39, 0.29) is 28.7 Å². The van der Waals surface area contributed by atoms with Crippen LogP contribution in [0.3, 0.4) is 0 Å². The second kappa shape index (κ2) is 9.46. The Morgan fingerprint density at radius 1 is 1.11 bits per heavy atom. The normalized spacial score (nSPS) is 13.2. The highest BCUT2D eigenvalue weighted by molar-refractivity contribution is 7.09. The van der Waals surface area contributed by atoms with E-state index in [9.17, 15) is 18.8 Å². The Labute approximate surface area is 210 Å². The molecule has 36 heavy (non-hydrogen) atoms. The molecule has 0 radical (unpaired) electrons. The first-order valence-corrected chi connectivity index (χ1v) is 11.6. The molecule has 12 heteroatoms. The average molecular weight is 514 g/mol. The molecule has 10 nitrogen and oxygen atoms in total. The summed E-state index contributed by atoms with van der Waals surface area (Å²) in [5.41, 5.74) is 10.9. The van der Waals surface area contributed by atoms with E-state index >= 15 is 0 Å². The molecule has 5 N–H and O–H groups in total. The monoisotopic (exact) mass is 513 g/mol. The largest absolute Gasteiger partial charge is 0.454 e. The first-order valence-electron chi connectivity index (χ1n) is 10.8. The Morgan fingerprint density at radius 3 is 2.39 bits per heavy atom. The van der Waals surface area contributed by atoms with Gasteiger partial charge in [0.1, 0.15) is 16.7 Å². The lowest BCUT2D eigenvalue weighted by Crippen LogP contribution is -2.49. The maximum Gasteiger partial charge on any atom is 0.273 e. The molecular weight excluding hydrogens is 489 g/mol. The van der Waals surface area contributed by atoms with Crippen molar-refractivity contribution in [1.29, 1.82) is 0 Å². The summed E-state index contributed by atoms with van der Waals surface area (Å²) in [7, 11) is 0. The van der Waals surface area contributed by atoms with Crippen molar-refractivity contribution in [1.82, 2.24) is 9.69 Å². The molecule has 1 aliphatic rings. The summed E-state index contributed by atoms with van der Waals surface area (Å²) in [6.45, 7) is 5.38. The van der Waals surface area contributed by atoms with E-state index in [0.717, 1.165) is 0 Å². The van der Waals surface area contributed by atoms with Crippen molar-refractivity contribution in [2.75, 3.05) is 17.4 Å². The lowest BCUT2D eigenvalue weighted by Gasteiger charge is -2.33. The van der Waals surface area contributed by atoms with Gasteiger partial charge in [-0.05, 0) is 62.1 Å². The number of anilines is 2.